The van der Waals surface area contributed by atoms with E-state index < -0.39 is 0 Å². The summed E-state index contributed by atoms with van der Waals surface area (Å²) in [6, 6.07) is 0. The van der Waals surface area contributed by atoms with Crippen LogP contribution < -0.4 is 0 Å². The zero-order valence-corrected chi connectivity index (χ0v) is 9.95. The number of likely N-dealkylation sites (tertiary alicyclic amines) is 1. The van der Waals surface area contributed by atoms with E-state index in [1.165, 1.54) is 5.57 Å². The van der Waals surface area contributed by atoms with Gasteiger partial charge in [-0.15, -0.1) is 0 Å². The van der Waals surface area contributed by atoms with E-state index in [0.29, 0.717) is 13.0 Å². The molecule has 1 rings (SSSR count). The van der Waals surface area contributed by atoms with Crippen LogP contribution in [-0.2, 0) is 9.53 Å². The Morgan fingerprint density at radius 2 is 2.27 bits per heavy atom. The van der Waals surface area contributed by atoms with Gasteiger partial charge in [-0.3, -0.25) is 4.79 Å². The Bertz CT molecular complexity index is 244. The van der Waals surface area contributed by atoms with Gasteiger partial charge in [-0.25, -0.2) is 0 Å². The van der Waals surface area contributed by atoms with Crippen LogP contribution in [0.5, 0.6) is 0 Å². The van der Waals surface area contributed by atoms with Crippen LogP contribution in [0.4, 0.5) is 0 Å². The maximum absolute atomic E-state index is 11.8. The van der Waals surface area contributed by atoms with E-state index in [0.717, 1.165) is 19.4 Å². The summed E-state index contributed by atoms with van der Waals surface area (Å²) in [5, 5.41) is 0. The topological polar surface area (TPSA) is 29.5 Å². The normalized spacial score (nSPS) is 20.5. The largest absolute Gasteiger partial charge is 0.359 e. The second-order valence-electron chi connectivity index (χ2n) is 4.12. The highest BCUT2D eigenvalue weighted by atomic mass is 16.5. The van der Waals surface area contributed by atoms with Gasteiger partial charge in [0.1, 0.15) is 6.23 Å². The standard InChI is InChI=1S/C12H21NO2/c1-4-15-12-6-5-9-13(12)11(14)8-7-10(2)3/h7,12H,4-6,8-9H2,1-3H3. The molecule has 0 spiro atoms. The lowest BCUT2D eigenvalue weighted by atomic mass is 10.2. The minimum Gasteiger partial charge on any atom is -0.359 e. The molecule has 1 heterocycles. The lowest BCUT2D eigenvalue weighted by Crippen LogP contribution is -2.36. The van der Waals surface area contributed by atoms with Crippen LogP contribution in [-0.4, -0.2) is 30.2 Å². The summed E-state index contributed by atoms with van der Waals surface area (Å²) >= 11 is 0. The molecule has 0 aromatic carbocycles. The van der Waals surface area contributed by atoms with Crippen molar-refractivity contribution < 1.29 is 9.53 Å². The zero-order chi connectivity index (χ0) is 11.3. The Balaban J connectivity index is 2.47. The molecule has 3 nitrogen and oxygen atoms in total. The summed E-state index contributed by atoms with van der Waals surface area (Å²) in [5.41, 5.74) is 1.19. The Morgan fingerprint density at radius 1 is 1.53 bits per heavy atom. The third-order valence-corrected chi connectivity index (χ3v) is 2.56. The van der Waals surface area contributed by atoms with E-state index in [4.69, 9.17) is 4.74 Å². The second kappa shape index (κ2) is 5.91. The fraction of sp³-hybridized carbons (Fsp3) is 0.750. The summed E-state index contributed by atoms with van der Waals surface area (Å²) in [6.45, 7) is 7.52. The van der Waals surface area contributed by atoms with Gasteiger partial charge < -0.3 is 9.64 Å². The molecule has 1 amide bonds. The minimum atomic E-state index is 0.0214. The van der Waals surface area contributed by atoms with Crippen LogP contribution in [0.15, 0.2) is 11.6 Å². The smallest absolute Gasteiger partial charge is 0.228 e. The van der Waals surface area contributed by atoms with Gasteiger partial charge in [0.05, 0.1) is 0 Å². The molecule has 0 aliphatic carbocycles. The van der Waals surface area contributed by atoms with Crippen molar-refractivity contribution in [1.29, 1.82) is 0 Å². The van der Waals surface area contributed by atoms with Crippen molar-refractivity contribution >= 4 is 5.91 Å². The molecular formula is C12H21NO2. The quantitative estimate of drug-likeness (QED) is 0.668. The van der Waals surface area contributed by atoms with E-state index in [9.17, 15) is 4.79 Å². The highest BCUT2D eigenvalue weighted by molar-refractivity contribution is 5.78. The second-order valence-corrected chi connectivity index (χ2v) is 4.12. The molecule has 15 heavy (non-hydrogen) atoms. The number of rotatable bonds is 4. The number of ether oxygens (including phenoxy) is 1. The van der Waals surface area contributed by atoms with Gasteiger partial charge in [-0.2, -0.15) is 0 Å². The van der Waals surface area contributed by atoms with E-state index in [1.807, 2.05) is 31.7 Å². The van der Waals surface area contributed by atoms with E-state index in [1.54, 1.807) is 0 Å². The molecule has 1 unspecified atom stereocenters. The summed E-state index contributed by atoms with van der Waals surface area (Å²) < 4.78 is 5.53. The monoisotopic (exact) mass is 211 g/mol. The first kappa shape index (κ1) is 12.2. The molecule has 1 fully saturated rings. The van der Waals surface area contributed by atoms with Gasteiger partial charge in [0.15, 0.2) is 0 Å². The van der Waals surface area contributed by atoms with E-state index in [-0.39, 0.29) is 12.1 Å². The van der Waals surface area contributed by atoms with Crippen LogP contribution in [0.2, 0.25) is 0 Å². The third-order valence-electron chi connectivity index (χ3n) is 2.56. The first-order chi connectivity index (χ1) is 7.15. The Kier molecular flexibility index (Phi) is 4.82. The Labute approximate surface area is 92.1 Å². The molecule has 0 aromatic heterocycles. The lowest BCUT2D eigenvalue weighted by Gasteiger charge is -2.23. The van der Waals surface area contributed by atoms with Crippen molar-refractivity contribution in [2.75, 3.05) is 13.2 Å². The molecule has 1 aliphatic heterocycles. The van der Waals surface area contributed by atoms with E-state index >= 15 is 0 Å². The number of carbonyl (C=O) groups excluding carboxylic acids is 1. The van der Waals surface area contributed by atoms with Gasteiger partial charge in [0, 0.05) is 19.6 Å². The van der Waals surface area contributed by atoms with Gasteiger partial charge in [-0.05, 0) is 33.6 Å². The zero-order valence-electron chi connectivity index (χ0n) is 9.95. The van der Waals surface area contributed by atoms with Gasteiger partial charge in [-0.1, -0.05) is 11.6 Å². The predicted octanol–water partition coefficient (Wildman–Crippen LogP) is 2.33. The SMILES string of the molecule is CCOC1CCCN1C(=O)CC=C(C)C. The molecule has 3 heteroatoms. The highest BCUT2D eigenvalue weighted by Crippen LogP contribution is 2.19. The number of hydrogen-bond donors (Lipinski definition) is 0. The molecule has 1 aliphatic rings. The maximum atomic E-state index is 11.8. The molecule has 0 aromatic rings. The van der Waals surface area contributed by atoms with Gasteiger partial charge in [0.25, 0.3) is 0 Å². The van der Waals surface area contributed by atoms with Crippen molar-refractivity contribution in [2.24, 2.45) is 0 Å². The predicted molar refractivity (Wildman–Crippen MR) is 60.4 cm³/mol. The van der Waals surface area contributed by atoms with Crippen LogP contribution in [0.1, 0.15) is 40.0 Å². The fourth-order valence-electron chi connectivity index (χ4n) is 1.80. The molecule has 0 N–H and O–H groups in total. The number of amides is 1. The minimum absolute atomic E-state index is 0.0214. The van der Waals surface area contributed by atoms with Crippen LogP contribution in [0.25, 0.3) is 0 Å². The number of carbonyl (C=O) groups is 1. The molecule has 86 valence electrons. The summed E-state index contributed by atoms with van der Waals surface area (Å²) in [5.74, 6) is 0.187. The van der Waals surface area contributed by atoms with Crippen molar-refractivity contribution in [3.05, 3.63) is 11.6 Å². The van der Waals surface area contributed by atoms with Gasteiger partial charge in [0.2, 0.25) is 5.91 Å². The lowest BCUT2D eigenvalue weighted by molar-refractivity contribution is -0.140. The van der Waals surface area contributed by atoms with Crippen molar-refractivity contribution in [3.63, 3.8) is 0 Å². The number of nitrogens with zero attached hydrogens (tertiary/aromatic N) is 1. The first-order valence-electron chi connectivity index (χ1n) is 5.69. The van der Waals surface area contributed by atoms with Gasteiger partial charge >= 0.3 is 0 Å². The molecule has 1 saturated heterocycles. The summed E-state index contributed by atoms with van der Waals surface area (Å²) in [7, 11) is 0. The molecular weight excluding hydrogens is 190 g/mol. The van der Waals surface area contributed by atoms with Crippen LogP contribution in [0, 0.1) is 0 Å². The van der Waals surface area contributed by atoms with Crippen molar-refractivity contribution in [1.82, 2.24) is 4.90 Å². The average molecular weight is 211 g/mol. The molecule has 0 bridgehead atoms. The number of allylic oxidation sites excluding steroid dienone is 1. The van der Waals surface area contributed by atoms with E-state index in [2.05, 4.69) is 0 Å². The average Bonchev–Trinajstić information content (AvgIpc) is 2.63. The molecule has 0 saturated carbocycles. The Morgan fingerprint density at radius 3 is 2.87 bits per heavy atom. The van der Waals surface area contributed by atoms with Crippen molar-refractivity contribution in [3.8, 4) is 0 Å². The highest BCUT2D eigenvalue weighted by Gasteiger charge is 2.27. The summed E-state index contributed by atoms with van der Waals surface area (Å²) in [4.78, 5) is 13.7. The van der Waals surface area contributed by atoms with Crippen LogP contribution >= 0.6 is 0 Å². The fourth-order valence-corrected chi connectivity index (χ4v) is 1.80. The Hall–Kier alpha value is -0.830. The molecule has 0 radical (unpaired) electrons. The van der Waals surface area contributed by atoms with Crippen molar-refractivity contribution in [2.45, 2.75) is 46.3 Å². The first-order valence-corrected chi connectivity index (χ1v) is 5.69. The number of hydrogen-bond acceptors (Lipinski definition) is 2. The molecule has 1 atom stereocenters. The van der Waals surface area contributed by atoms with Crippen LogP contribution in [0.3, 0.4) is 0 Å². The maximum Gasteiger partial charge on any atom is 0.228 e. The third kappa shape index (κ3) is 3.67. The summed E-state index contributed by atoms with van der Waals surface area (Å²) in [6.07, 6.45) is 4.54.